The van der Waals surface area contributed by atoms with Crippen molar-refractivity contribution in [1.29, 1.82) is 0 Å². The van der Waals surface area contributed by atoms with Gasteiger partial charge in [0.2, 0.25) is 5.91 Å². The summed E-state index contributed by atoms with van der Waals surface area (Å²) in [7, 11) is 0. The molecule has 0 aliphatic rings. The highest BCUT2D eigenvalue weighted by Crippen LogP contribution is 2.14. The first-order chi connectivity index (χ1) is 12.2. The van der Waals surface area contributed by atoms with Crippen LogP contribution in [0.4, 0.5) is 0 Å². The van der Waals surface area contributed by atoms with Gasteiger partial charge in [0.05, 0.1) is 6.26 Å². The molecular weight excluding hydrogens is 310 g/mol. The van der Waals surface area contributed by atoms with Crippen molar-refractivity contribution in [3.8, 4) is 0 Å². The lowest BCUT2D eigenvalue weighted by atomic mass is 10.0. The summed E-state index contributed by atoms with van der Waals surface area (Å²) in [6.07, 6.45) is 22.5. The average Bonchev–Trinajstić information content (AvgIpc) is 2.58. The van der Waals surface area contributed by atoms with Gasteiger partial charge in [-0.25, -0.2) is 0 Å². The van der Waals surface area contributed by atoms with Gasteiger partial charge >= 0.3 is 0 Å². The maximum atomic E-state index is 11.1. The smallest absolute Gasteiger partial charge is 0.219 e. The lowest BCUT2D eigenvalue weighted by Crippen LogP contribution is -2.34. The zero-order chi connectivity index (χ0) is 18.6. The van der Waals surface area contributed by atoms with Crippen molar-refractivity contribution in [2.45, 2.75) is 123 Å². The number of nitrogens with one attached hydrogen (secondary N) is 1. The fraction of sp³-hybridized carbons (Fsp3) is 0.864. The minimum Gasteiger partial charge on any atom is -0.479 e. The summed E-state index contributed by atoms with van der Waals surface area (Å²) >= 11 is 0. The zero-order valence-corrected chi connectivity index (χ0v) is 17.0. The summed E-state index contributed by atoms with van der Waals surface area (Å²) in [5.74, 6) is -0.0483. The highest BCUT2D eigenvalue weighted by molar-refractivity contribution is 5.72. The quantitative estimate of drug-likeness (QED) is 0.156. The van der Waals surface area contributed by atoms with Gasteiger partial charge in [0.15, 0.2) is 6.23 Å². The van der Waals surface area contributed by atoms with Crippen LogP contribution in [0.5, 0.6) is 0 Å². The molecule has 0 aliphatic carbocycles. The van der Waals surface area contributed by atoms with Gasteiger partial charge in [0.25, 0.3) is 0 Å². The number of carbonyl (C=O) groups excluding carboxylic acids is 1. The van der Waals surface area contributed by atoms with E-state index in [0.29, 0.717) is 0 Å². The van der Waals surface area contributed by atoms with Gasteiger partial charge in [-0.05, 0) is 6.42 Å². The first kappa shape index (κ1) is 24.0. The van der Waals surface area contributed by atoms with E-state index in [2.05, 4.69) is 18.8 Å². The molecule has 1 amide bonds. The van der Waals surface area contributed by atoms with Gasteiger partial charge in [-0.3, -0.25) is 4.79 Å². The molecule has 0 aromatic rings. The molecule has 3 heteroatoms. The van der Waals surface area contributed by atoms with Crippen molar-refractivity contribution in [2.24, 2.45) is 0 Å². The van der Waals surface area contributed by atoms with Gasteiger partial charge in [-0.2, -0.15) is 0 Å². The van der Waals surface area contributed by atoms with E-state index in [0.717, 1.165) is 12.8 Å². The van der Waals surface area contributed by atoms with Crippen molar-refractivity contribution >= 4 is 5.91 Å². The summed E-state index contributed by atoms with van der Waals surface area (Å²) in [5, 5.41) is 2.80. The first-order valence-electron chi connectivity index (χ1n) is 10.7. The molecule has 0 rings (SSSR count). The molecular formula is C22H43NO2. The third-order valence-corrected chi connectivity index (χ3v) is 4.69. The summed E-state index contributed by atoms with van der Waals surface area (Å²) in [5.41, 5.74) is 0. The molecule has 148 valence electrons. The molecule has 1 atom stereocenters. The van der Waals surface area contributed by atoms with Crippen LogP contribution in [0.2, 0.25) is 0 Å². The van der Waals surface area contributed by atoms with Crippen LogP contribution in [0.25, 0.3) is 0 Å². The molecule has 0 heterocycles. The van der Waals surface area contributed by atoms with Crippen LogP contribution in [0.15, 0.2) is 12.8 Å². The average molecular weight is 354 g/mol. The van der Waals surface area contributed by atoms with E-state index in [1.54, 1.807) is 0 Å². The fourth-order valence-corrected chi connectivity index (χ4v) is 3.22. The topological polar surface area (TPSA) is 38.3 Å². The van der Waals surface area contributed by atoms with E-state index >= 15 is 0 Å². The minimum absolute atomic E-state index is 0.0483. The van der Waals surface area contributed by atoms with E-state index in [1.807, 2.05) is 0 Å². The molecule has 25 heavy (non-hydrogen) atoms. The Hall–Kier alpha value is -0.990. The third-order valence-electron chi connectivity index (χ3n) is 4.69. The molecule has 0 bridgehead atoms. The molecule has 0 fully saturated rings. The molecule has 0 aliphatic heterocycles. The number of rotatable bonds is 19. The predicted molar refractivity (Wildman–Crippen MR) is 108 cm³/mol. The van der Waals surface area contributed by atoms with Crippen molar-refractivity contribution in [3.05, 3.63) is 12.8 Å². The van der Waals surface area contributed by atoms with E-state index in [-0.39, 0.29) is 12.1 Å². The summed E-state index contributed by atoms with van der Waals surface area (Å²) in [6, 6.07) is 0. The normalized spacial score (nSPS) is 11.9. The Kier molecular flexibility index (Phi) is 18.6. The number of hydrogen-bond donors (Lipinski definition) is 1. The molecule has 0 aromatic heterocycles. The van der Waals surface area contributed by atoms with Crippen molar-refractivity contribution in [1.82, 2.24) is 5.32 Å². The van der Waals surface area contributed by atoms with Crippen LogP contribution < -0.4 is 5.32 Å². The molecule has 3 nitrogen and oxygen atoms in total. The van der Waals surface area contributed by atoms with Crippen LogP contribution in [0, 0.1) is 0 Å². The SMILES string of the molecule is C=COC(CCCCCCCCCCCCCCCCC)NC(C)=O. The van der Waals surface area contributed by atoms with Crippen LogP contribution in [0.3, 0.4) is 0 Å². The lowest BCUT2D eigenvalue weighted by Gasteiger charge is -2.16. The number of carbonyl (C=O) groups is 1. The van der Waals surface area contributed by atoms with E-state index < -0.39 is 0 Å². The zero-order valence-electron chi connectivity index (χ0n) is 17.0. The molecule has 0 saturated heterocycles. The first-order valence-corrected chi connectivity index (χ1v) is 10.7. The Labute approximate surface area is 157 Å². The highest BCUT2D eigenvalue weighted by atomic mass is 16.5. The monoisotopic (exact) mass is 353 g/mol. The fourth-order valence-electron chi connectivity index (χ4n) is 3.22. The Morgan fingerprint density at radius 2 is 1.24 bits per heavy atom. The number of ether oxygens (including phenoxy) is 1. The largest absolute Gasteiger partial charge is 0.479 e. The summed E-state index contributed by atoms with van der Waals surface area (Å²) in [4.78, 5) is 11.1. The second kappa shape index (κ2) is 19.3. The molecule has 0 radical (unpaired) electrons. The van der Waals surface area contributed by atoms with Crippen molar-refractivity contribution in [2.75, 3.05) is 0 Å². The number of unbranched alkanes of at least 4 members (excludes halogenated alkanes) is 14. The Morgan fingerprint density at radius 1 is 0.840 bits per heavy atom. The summed E-state index contributed by atoms with van der Waals surface area (Å²) in [6.45, 7) is 7.35. The second-order valence-electron chi connectivity index (χ2n) is 7.23. The molecule has 1 N–H and O–H groups in total. The maximum absolute atomic E-state index is 11.1. The predicted octanol–water partition coefficient (Wildman–Crippen LogP) is 6.87. The molecule has 0 aromatic carbocycles. The second-order valence-corrected chi connectivity index (χ2v) is 7.23. The molecule has 1 unspecified atom stereocenters. The van der Waals surface area contributed by atoms with Crippen LogP contribution >= 0.6 is 0 Å². The van der Waals surface area contributed by atoms with Gasteiger partial charge in [0.1, 0.15) is 0 Å². The van der Waals surface area contributed by atoms with Gasteiger partial charge in [0, 0.05) is 13.3 Å². The van der Waals surface area contributed by atoms with Crippen LogP contribution in [0.1, 0.15) is 117 Å². The summed E-state index contributed by atoms with van der Waals surface area (Å²) < 4.78 is 5.30. The third kappa shape index (κ3) is 19.2. The van der Waals surface area contributed by atoms with Gasteiger partial charge in [-0.15, -0.1) is 0 Å². The Bertz CT molecular complexity index is 304. The minimum atomic E-state index is -0.211. The Morgan fingerprint density at radius 3 is 1.60 bits per heavy atom. The van der Waals surface area contributed by atoms with Crippen molar-refractivity contribution < 1.29 is 9.53 Å². The molecule has 0 spiro atoms. The Balaban J connectivity index is 3.25. The standard InChI is InChI=1S/C22H43NO2/c1-4-6-7-8-9-10-11-12-13-14-15-16-17-18-19-20-22(25-5-2)23-21(3)24/h5,22H,2,4,6-20H2,1,3H3,(H,23,24). The van der Waals surface area contributed by atoms with E-state index in [4.69, 9.17) is 4.74 Å². The lowest BCUT2D eigenvalue weighted by molar-refractivity contribution is -0.122. The maximum Gasteiger partial charge on any atom is 0.219 e. The highest BCUT2D eigenvalue weighted by Gasteiger charge is 2.08. The number of hydrogen-bond acceptors (Lipinski definition) is 2. The van der Waals surface area contributed by atoms with E-state index in [1.165, 1.54) is 103 Å². The van der Waals surface area contributed by atoms with Crippen LogP contribution in [-0.4, -0.2) is 12.1 Å². The number of amides is 1. The van der Waals surface area contributed by atoms with E-state index in [9.17, 15) is 4.79 Å². The van der Waals surface area contributed by atoms with Crippen molar-refractivity contribution in [3.63, 3.8) is 0 Å². The molecule has 0 saturated carbocycles. The van der Waals surface area contributed by atoms with Crippen LogP contribution in [-0.2, 0) is 9.53 Å². The van der Waals surface area contributed by atoms with Gasteiger partial charge in [-0.1, -0.05) is 103 Å². The van der Waals surface area contributed by atoms with Gasteiger partial charge < -0.3 is 10.1 Å².